The summed E-state index contributed by atoms with van der Waals surface area (Å²) in [7, 11) is 0. The smallest absolute Gasteiger partial charge is 0.306 e. The summed E-state index contributed by atoms with van der Waals surface area (Å²) in [5.74, 6) is -0.887. The molecule has 0 spiro atoms. The molecule has 0 aromatic carbocycles. The van der Waals surface area contributed by atoms with Gasteiger partial charge in [-0.25, -0.2) is 0 Å². The minimum atomic E-state index is -0.787. The Bertz CT molecular complexity index is 1460. The quantitative estimate of drug-likeness (QED) is 0.0261. The van der Waals surface area contributed by atoms with E-state index in [1.54, 1.807) is 0 Å². The molecule has 1 atom stereocenters. The highest BCUT2D eigenvalue weighted by Gasteiger charge is 2.19. The Kier molecular flexibility index (Phi) is 68.1. The van der Waals surface area contributed by atoms with Gasteiger partial charge in [0.25, 0.3) is 0 Å². The molecule has 0 aliphatic carbocycles. The van der Waals surface area contributed by atoms with Gasteiger partial charge in [0.15, 0.2) is 6.10 Å². The molecule has 6 nitrogen and oxygen atoms in total. The maximum atomic E-state index is 13.0. The van der Waals surface area contributed by atoms with E-state index in [1.807, 2.05) is 0 Å². The van der Waals surface area contributed by atoms with E-state index in [1.165, 1.54) is 257 Å². The predicted molar refractivity (Wildman–Crippen MR) is 358 cm³/mol. The number of hydrogen-bond donors (Lipinski definition) is 0. The van der Waals surface area contributed by atoms with Crippen molar-refractivity contribution in [3.8, 4) is 0 Å². The van der Waals surface area contributed by atoms with Crippen molar-refractivity contribution in [1.82, 2.24) is 0 Å². The first kappa shape index (κ1) is 79.1. The number of ether oxygens (including phenoxy) is 3. The highest BCUT2D eigenvalue weighted by atomic mass is 16.6. The van der Waals surface area contributed by atoms with Gasteiger partial charge >= 0.3 is 17.9 Å². The third kappa shape index (κ3) is 67.9. The van der Waals surface area contributed by atoms with Gasteiger partial charge < -0.3 is 14.2 Å². The Morgan fingerprint density at radius 1 is 0.256 bits per heavy atom. The number of unbranched alkanes of at least 4 members (excludes halogenated alkanes) is 46. The summed E-state index contributed by atoms with van der Waals surface area (Å²) >= 11 is 0. The summed E-state index contributed by atoms with van der Waals surface area (Å²) in [6.45, 7) is 6.56. The van der Waals surface area contributed by atoms with Crippen molar-refractivity contribution in [2.45, 2.75) is 393 Å². The van der Waals surface area contributed by atoms with Gasteiger partial charge in [0.05, 0.1) is 0 Å². The van der Waals surface area contributed by atoms with Crippen LogP contribution in [0.5, 0.6) is 0 Å². The van der Waals surface area contributed by atoms with E-state index >= 15 is 0 Å². The molecule has 0 saturated heterocycles. The minimum Gasteiger partial charge on any atom is -0.462 e. The van der Waals surface area contributed by atoms with Crippen LogP contribution in [-0.2, 0) is 28.6 Å². The van der Waals surface area contributed by atoms with E-state index in [-0.39, 0.29) is 31.1 Å². The second-order valence-electron chi connectivity index (χ2n) is 24.5. The Balaban J connectivity index is 4.23. The molecule has 0 aromatic rings. The highest BCUT2D eigenvalue weighted by molar-refractivity contribution is 5.71. The lowest BCUT2D eigenvalue weighted by atomic mass is 10.0. The van der Waals surface area contributed by atoms with Crippen LogP contribution in [0.2, 0.25) is 0 Å². The highest BCUT2D eigenvalue weighted by Crippen LogP contribution is 2.19. The van der Waals surface area contributed by atoms with Gasteiger partial charge in [-0.2, -0.15) is 0 Å². The fraction of sp³-hybridized carbons (Fsp3) is 0.829. The molecular weight excluding hydrogens is 1010 g/mol. The molecule has 0 heterocycles. The lowest BCUT2D eigenvalue weighted by molar-refractivity contribution is -0.167. The summed E-state index contributed by atoms with van der Waals surface area (Å²) in [4.78, 5) is 38.4. The maximum absolute atomic E-state index is 13.0. The topological polar surface area (TPSA) is 78.9 Å². The molecule has 0 aliphatic rings. The minimum absolute atomic E-state index is 0.0798. The van der Waals surface area contributed by atoms with Gasteiger partial charge in [-0.1, -0.05) is 345 Å². The van der Waals surface area contributed by atoms with Crippen LogP contribution in [-0.4, -0.2) is 37.2 Å². The van der Waals surface area contributed by atoms with Crippen LogP contribution in [0.3, 0.4) is 0 Å². The van der Waals surface area contributed by atoms with Gasteiger partial charge in [-0.15, -0.1) is 0 Å². The van der Waals surface area contributed by atoms with Crippen LogP contribution in [0.1, 0.15) is 387 Å². The van der Waals surface area contributed by atoms with Crippen molar-refractivity contribution < 1.29 is 28.6 Å². The van der Waals surface area contributed by atoms with E-state index in [4.69, 9.17) is 14.2 Å². The van der Waals surface area contributed by atoms with E-state index < -0.39 is 6.10 Å². The van der Waals surface area contributed by atoms with Crippen LogP contribution in [0.4, 0.5) is 0 Å². The zero-order valence-electron chi connectivity index (χ0n) is 55.0. The molecule has 0 bridgehead atoms. The molecule has 0 aromatic heterocycles. The average molecular weight is 1150 g/mol. The fourth-order valence-electron chi connectivity index (χ4n) is 10.8. The van der Waals surface area contributed by atoms with E-state index in [0.29, 0.717) is 19.3 Å². The van der Waals surface area contributed by atoms with Crippen molar-refractivity contribution in [2.24, 2.45) is 0 Å². The van der Waals surface area contributed by atoms with Crippen LogP contribution in [0.25, 0.3) is 0 Å². The Labute approximate surface area is 510 Å². The number of rotatable bonds is 67. The summed E-state index contributed by atoms with van der Waals surface area (Å²) in [5.41, 5.74) is 0. The number of carbonyl (C=O) groups excluding carboxylic acids is 3. The van der Waals surface area contributed by atoms with E-state index in [0.717, 1.165) is 89.9 Å². The summed E-state index contributed by atoms with van der Waals surface area (Å²) in [6, 6.07) is 0. The molecule has 0 aliphatic heterocycles. The van der Waals surface area contributed by atoms with Crippen LogP contribution in [0.15, 0.2) is 60.8 Å². The molecule has 0 saturated carbocycles. The second kappa shape index (κ2) is 70.6. The third-order valence-corrected chi connectivity index (χ3v) is 16.3. The Hall–Kier alpha value is -2.89. The zero-order valence-corrected chi connectivity index (χ0v) is 55.0. The molecule has 6 heteroatoms. The van der Waals surface area contributed by atoms with Gasteiger partial charge in [0.1, 0.15) is 13.2 Å². The molecule has 478 valence electrons. The van der Waals surface area contributed by atoms with Crippen molar-refractivity contribution >= 4 is 17.9 Å². The van der Waals surface area contributed by atoms with Gasteiger partial charge in [0.2, 0.25) is 0 Å². The summed E-state index contributed by atoms with van der Waals surface area (Å²) in [5, 5.41) is 0. The number of carbonyl (C=O) groups is 3. The normalized spacial score (nSPS) is 12.4. The lowest BCUT2D eigenvalue weighted by Gasteiger charge is -2.18. The fourth-order valence-corrected chi connectivity index (χ4v) is 10.8. The van der Waals surface area contributed by atoms with Gasteiger partial charge in [-0.05, 0) is 83.5 Å². The first-order valence-corrected chi connectivity index (χ1v) is 36.3. The number of esters is 3. The largest absolute Gasteiger partial charge is 0.462 e. The van der Waals surface area contributed by atoms with Crippen LogP contribution >= 0.6 is 0 Å². The first-order chi connectivity index (χ1) is 40.5. The van der Waals surface area contributed by atoms with Crippen molar-refractivity contribution in [3.05, 3.63) is 60.8 Å². The molecule has 0 radical (unpaired) electrons. The van der Waals surface area contributed by atoms with Gasteiger partial charge in [-0.3, -0.25) is 14.4 Å². The maximum Gasteiger partial charge on any atom is 0.306 e. The molecule has 0 rings (SSSR count). The number of allylic oxidation sites excluding steroid dienone is 10. The molecule has 82 heavy (non-hydrogen) atoms. The van der Waals surface area contributed by atoms with Crippen molar-refractivity contribution in [1.29, 1.82) is 0 Å². The molecule has 1 unspecified atom stereocenters. The lowest BCUT2D eigenvalue weighted by Crippen LogP contribution is -2.30. The van der Waals surface area contributed by atoms with Crippen molar-refractivity contribution in [3.63, 3.8) is 0 Å². The predicted octanol–water partition coefficient (Wildman–Crippen LogP) is 25.1. The standard InChI is InChI=1S/C76H138O6/c1-4-7-10-13-16-19-22-25-27-29-31-33-35-37-39-40-42-44-46-48-51-54-57-60-63-66-69-75(78)81-72-73(71-80-74(77)68-65-62-59-56-53-50-24-21-18-15-12-9-6-3)82-76(79)70-67-64-61-58-55-52-49-47-45-43-41-38-36-34-32-30-28-26-23-20-17-14-11-8-5-2/h9,12,18,21,23,26,30,32,50,53,73H,4-8,10-11,13-17,19-20,22,24-25,27-29,31,33-49,51-52,54-72H2,1-3H3/b12-9-,21-18-,26-23-,32-30-,53-50-. The zero-order chi connectivity index (χ0) is 59.2. The Morgan fingerprint density at radius 2 is 0.476 bits per heavy atom. The first-order valence-electron chi connectivity index (χ1n) is 36.3. The van der Waals surface area contributed by atoms with E-state index in [9.17, 15) is 14.4 Å². The average Bonchev–Trinajstić information content (AvgIpc) is 3.47. The summed E-state index contributed by atoms with van der Waals surface area (Å²) < 4.78 is 17.0. The van der Waals surface area contributed by atoms with Crippen LogP contribution in [0, 0.1) is 0 Å². The molecule has 0 N–H and O–H groups in total. The monoisotopic (exact) mass is 1150 g/mol. The SMILES string of the molecule is CC/C=C\C/C=C\C/C=C\CCCCCC(=O)OCC(COC(=O)CCCCCCCCCCCCCCCCCCCCCCCCCCCC)OC(=O)CCCCCCCCCCCCCCC/C=C\C/C=C\CCCCCCC. The summed E-state index contributed by atoms with van der Waals surface area (Å²) in [6.07, 6.45) is 91.3. The second-order valence-corrected chi connectivity index (χ2v) is 24.5. The van der Waals surface area contributed by atoms with Crippen molar-refractivity contribution in [2.75, 3.05) is 13.2 Å². The number of hydrogen-bond acceptors (Lipinski definition) is 6. The molecule has 0 amide bonds. The molecular formula is C76H138O6. The van der Waals surface area contributed by atoms with Gasteiger partial charge in [0, 0.05) is 19.3 Å². The third-order valence-electron chi connectivity index (χ3n) is 16.3. The van der Waals surface area contributed by atoms with E-state index in [2.05, 4.69) is 81.5 Å². The molecule has 0 fully saturated rings. The van der Waals surface area contributed by atoms with Crippen LogP contribution < -0.4 is 0 Å². The Morgan fingerprint density at radius 3 is 0.756 bits per heavy atom.